The highest BCUT2D eigenvalue weighted by Crippen LogP contribution is 1.93. The second-order valence-electron chi connectivity index (χ2n) is 3.21. The maximum absolute atomic E-state index is 11.3. The van der Waals surface area contributed by atoms with Crippen LogP contribution in [0.15, 0.2) is 5.16 Å². The van der Waals surface area contributed by atoms with Crippen LogP contribution in [-0.2, 0) is 10.2 Å². The Hall–Kier alpha value is -0.860. The maximum atomic E-state index is 11.3. The number of hydrogen-bond donors (Lipinski definition) is 4. The van der Waals surface area contributed by atoms with Crippen LogP contribution in [0, 0.1) is 0 Å². The van der Waals surface area contributed by atoms with Crippen LogP contribution in [-0.4, -0.2) is 32.0 Å². The lowest BCUT2D eigenvalue weighted by Gasteiger charge is -2.13. The fourth-order valence-electron chi connectivity index (χ4n) is 0.939. The molecule has 0 amide bonds. The fourth-order valence-corrected chi connectivity index (χ4v) is 2.11. The third-order valence-corrected chi connectivity index (χ3v) is 2.84. The van der Waals surface area contributed by atoms with Gasteiger partial charge >= 0.3 is 0 Å². The summed E-state index contributed by atoms with van der Waals surface area (Å²) >= 11 is 0. The molecule has 0 aromatic rings. The van der Waals surface area contributed by atoms with Crippen molar-refractivity contribution in [3.05, 3.63) is 0 Å². The molecule has 0 spiro atoms. The largest absolute Gasteiger partial charge is 0.409 e. The van der Waals surface area contributed by atoms with Crippen molar-refractivity contribution in [2.45, 2.75) is 32.7 Å². The third-order valence-electron chi connectivity index (χ3n) is 1.54. The quantitative estimate of drug-likeness (QED) is 0.204. The molecule has 1 unspecified atom stereocenters. The van der Waals surface area contributed by atoms with Crippen molar-refractivity contribution in [2.24, 2.45) is 10.9 Å². The number of nitrogens with zero attached hydrogens (tertiary/aromatic N) is 1. The molecule has 0 aromatic heterocycles. The minimum Gasteiger partial charge on any atom is -0.409 e. The van der Waals surface area contributed by atoms with Gasteiger partial charge in [-0.05, 0) is 13.3 Å². The van der Waals surface area contributed by atoms with Crippen LogP contribution in [0.3, 0.4) is 0 Å². The van der Waals surface area contributed by atoms with Crippen molar-refractivity contribution >= 4 is 16.0 Å². The Morgan fingerprint density at radius 2 is 2.20 bits per heavy atom. The highest BCUT2D eigenvalue weighted by atomic mass is 32.2. The first-order chi connectivity index (χ1) is 6.91. The standard InChI is InChI=1S/C7H18N4O3S/c1-3-4-9-15(13,14)11-6(2)5-7(8)10-12/h6,9,11-12H,3-5H2,1-2H3,(H2,8,10). The number of amidine groups is 1. The van der Waals surface area contributed by atoms with Gasteiger partial charge in [-0.15, -0.1) is 0 Å². The summed E-state index contributed by atoms with van der Waals surface area (Å²) in [5, 5.41) is 11.1. The van der Waals surface area contributed by atoms with E-state index in [9.17, 15) is 8.42 Å². The molecule has 90 valence electrons. The monoisotopic (exact) mass is 238 g/mol. The summed E-state index contributed by atoms with van der Waals surface area (Å²) < 4.78 is 27.3. The summed E-state index contributed by atoms with van der Waals surface area (Å²) in [5.41, 5.74) is 5.24. The van der Waals surface area contributed by atoms with E-state index in [2.05, 4.69) is 14.6 Å². The van der Waals surface area contributed by atoms with E-state index >= 15 is 0 Å². The van der Waals surface area contributed by atoms with Crippen molar-refractivity contribution in [1.29, 1.82) is 0 Å². The lowest BCUT2D eigenvalue weighted by atomic mass is 10.2. The van der Waals surface area contributed by atoms with E-state index in [0.717, 1.165) is 6.42 Å². The number of nitrogens with two attached hydrogens (primary N) is 1. The van der Waals surface area contributed by atoms with Gasteiger partial charge in [-0.1, -0.05) is 12.1 Å². The second kappa shape index (κ2) is 6.59. The molecule has 7 nitrogen and oxygen atoms in total. The van der Waals surface area contributed by atoms with Crippen molar-refractivity contribution in [3.63, 3.8) is 0 Å². The third kappa shape index (κ3) is 7.11. The SMILES string of the molecule is CCCNS(=O)(=O)NC(C)CC(N)=NO. The van der Waals surface area contributed by atoms with Gasteiger partial charge in [0.2, 0.25) is 0 Å². The molecular weight excluding hydrogens is 220 g/mol. The summed E-state index contributed by atoms with van der Waals surface area (Å²) in [6, 6.07) is -0.421. The van der Waals surface area contributed by atoms with Crippen LogP contribution in [0.2, 0.25) is 0 Å². The molecule has 15 heavy (non-hydrogen) atoms. The molecule has 8 heteroatoms. The lowest BCUT2D eigenvalue weighted by Crippen LogP contribution is -2.43. The molecule has 0 aliphatic rings. The van der Waals surface area contributed by atoms with Gasteiger partial charge < -0.3 is 10.9 Å². The average molecular weight is 238 g/mol. The van der Waals surface area contributed by atoms with E-state index in [1.165, 1.54) is 0 Å². The van der Waals surface area contributed by atoms with Crippen LogP contribution in [0.4, 0.5) is 0 Å². The fraction of sp³-hybridized carbons (Fsp3) is 0.857. The summed E-state index contributed by atoms with van der Waals surface area (Å²) in [7, 11) is -3.49. The van der Waals surface area contributed by atoms with Gasteiger partial charge in [0.25, 0.3) is 10.2 Å². The summed E-state index contributed by atoms with van der Waals surface area (Å²) in [6.45, 7) is 3.87. The van der Waals surface area contributed by atoms with Gasteiger partial charge in [0.15, 0.2) is 0 Å². The van der Waals surface area contributed by atoms with E-state index < -0.39 is 16.3 Å². The van der Waals surface area contributed by atoms with Gasteiger partial charge in [-0.3, -0.25) is 0 Å². The molecule has 0 aromatic carbocycles. The first-order valence-corrected chi connectivity index (χ1v) is 6.13. The molecule has 0 aliphatic heterocycles. The highest BCUT2D eigenvalue weighted by molar-refractivity contribution is 7.87. The van der Waals surface area contributed by atoms with Crippen LogP contribution < -0.4 is 15.2 Å². The van der Waals surface area contributed by atoms with E-state index in [4.69, 9.17) is 10.9 Å². The Kier molecular flexibility index (Phi) is 6.21. The molecule has 0 radical (unpaired) electrons. The van der Waals surface area contributed by atoms with E-state index in [0.29, 0.717) is 6.54 Å². The Morgan fingerprint density at radius 1 is 1.60 bits per heavy atom. The van der Waals surface area contributed by atoms with Gasteiger partial charge in [0.05, 0.1) is 0 Å². The molecule has 0 saturated carbocycles. The zero-order valence-corrected chi connectivity index (χ0v) is 9.71. The Labute approximate surface area is 89.9 Å². The first-order valence-electron chi connectivity index (χ1n) is 4.64. The number of rotatable bonds is 7. The van der Waals surface area contributed by atoms with Crippen LogP contribution >= 0.6 is 0 Å². The Morgan fingerprint density at radius 3 is 2.67 bits per heavy atom. The normalized spacial score (nSPS) is 15.2. The summed E-state index contributed by atoms with van der Waals surface area (Å²) in [4.78, 5) is 0. The van der Waals surface area contributed by atoms with Crippen molar-refractivity contribution in [1.82, 2.24) is 9.44 Å². The zero-order chi connectivity index (χ0) is 11.9. The van der Waals surface area contributed by atoms with Crippen LogP contribution in [0.25, 0.3) is 0 Å². The van der Waals surface area contributed by atoms with E-state index in [-0.39, 0.29) is 12.3 Å². The van der Waals surface area contributed by atoms with Crippen molar-refractivity contribution in [2.75, 3.05) is 6.54 Å². The molecule has 0 bridgehead atoms. The van der Waals surface area contributed by atoms with Gasteiger partial charge in [0.1, 0.15) is 5.84 Å². The molecule has 0 saturated heterocycles. The zero-order valence-electron chi connectivity index (χ0n) is 8.90. The highest BCUT2D eigenvalue weighted by Gasteiger charge is 2.14. The van der Waals surface area contributed by atoms with Gasteiger partial charge in [-0.25, -0.2) is 4.72 Å². The lowest BCUT2D eigenvalue weighted by molar-refractivity contribution is 0.316. The first kappa shape index (κ1) is 14.1. The van der Waals surface area contributed by atoms with Crippen LogP contribution in [0.5, 0.6) is 0 Å². The number of oxime groups is 1. The van der Waals surface area contributed by atoms with Gasteiger partial charge in [-0.2, -0.15) is 13.1 Å². The minimum absolute atomic E-state index is 0.0132. The average Bonchev–Trinajstić information content (AvgIpc) is 2.13. The van der Waals surface area contributed by atoms with Crippen molar-refractivity contribution in [3.8, 4) is 0 Å². The molecular formula is C7H18N4O3S. The molecule has 0 aliphatic carbocycles. The summed E-state index contributed by atoms with van der Waals surface area (Å²) in [5.74, 6) is -0.0132. The predicted octanol–water partition coefficient (Wildman–Crippen LogP) is -0.655. The van der Waals surface area contributed by atoms with Crippen molar-refractivity contribution < 1.29 is 13.6 Å². The van der Waals surface area contributed by atoms with E-state index in [1.54, 1.807) is 6.92 Å². The molecule has 0 rings (SSSR count). The Bertz CT molecular complexity index is 301. The smallest absolute Gasteiger partial charge is 0.277 e. The molecule has 0 heterocycles. The minimum atomic E-state index is -3.49. The van der Waals surface area contributed by atoms with E-state index in [1.807, 2.05) is 6.92 Å². The number of hydrogen-bond acceptors (Lipinski definition) is 4. The Balaban J connectivity index is 4.10. The molecule has 1 atom stereocenters. The predicted molar refractivity (Wildman–Crippen MR) is 57.8 cm³/mol. The molecule has 5 N–H and O–H groups in total. The topological polar surface area (TPSA) is 117 Å². The van der Waals surface area contributed by atoms with Gasteiger partial charge in [0, 0.05) is 19.0 Å². The number of nitrogens with one attached hydrogen (secondary N) is 2. The maximum Gasteiger partial charge on any atom is 0.277 e. The van der Waals surface area contributed by atoms with Crippen LogP contribution in [0.1, 0.15) is 26.7 Å². The molecule has 0 fully saturated rings. The summed E-state index contributed by atoms with van der Waals surface area (Å²) in [6.07, 6.45) is 0.874. The second-order valence-corrected chi connectivity index (χ2v) is 4.74.